The molecule has 0 fully saturated rings. The molecule has 0 unspecified atom stereocenters. The highest BCUT2D eigenvalue weighted by atomic mass is 79.9. The predicted molar refractivity (Wildman–Crippen MR) is 143 cm³/mol. The molecule has 1 aliphatic heterocycles. The van der Waals surface area contributed by atoms with Crippen molar-refractivity contribution in [1.82, 2.24) is 4.57 Å². The minimum Gasteiger partial charge on any atom is -0.496 e. The summed E-state index contributed by atoms with van der Waals surface area (Å²) in [6.07, 6.45) is 1.69. The Labute approximate surface area is 221 Å². The molecular formula is C27H27BrN2O5S. The van der Waals surface area contributed by atoms with Crippen LogP contribution in [0.3, 0.4) is 0 Å². The zero-order valence-corrected chi connectivity index (χ0v) is 23.1. The van der Waals surface area contributed by atoms with Gasteiger partial charge in [0.05, 0.1) is 35.6 Å². The van der Waals surface area contributed by atoms with Crippen LogP contribution in [-0.4, -0.2) is 30.4 Å². The van der Waals surface area contributed by atoms with Gasteiger partial charge < -0.3 is 14.2 Å². The maximum Gasteiger partial charge on any atom is 0.338 e. The van der Waals surface area contributed by atoms with Crippen LogP contribution < -0.4 is 24.4 Å². The molecule has 1 aliphatic rings. The highest BCUT2D eigenvalue weighted by Gasteiger charge is 2.35. The summed E-state index contributed by atoms with van der Waals surface area (Å²) in [5.74, 6) is 0.725. The van der Waals surface area contributed by atoms with E-state index in [-0.39, 0.29) is 18.3 Å². The summed E-state index contributed by atoms with van der Waals surface area (Å²) in [6.45, 7) is 7.58. The zero-order valence-electron chi connectivity index (χ0n) is 20.7. The van der Waals surface area contributed by atoms with E-state index in [9.17, 15) is 9.59 Å². The molecule has 36 heavy (non-hydrogen) atoms. The lowest BCUT2D eigenvalue weighted by Gasteiger charge is -2.26. The number of rotatable bonds is 7. The predicted octanol–water partition coefficient (Wildman–Crippen LogP) is 4.36. The molecule has 1 aromatic heterocycles. The Balaban J connectivity index is 2.00. The molecule has 3 aromatic rings. The van der Waals surface area contributed by atoms with Gasteiger partial charge in [-0.2, -0.15) is 0 Å². The van der Waals surface area contributed by atoms with Crippen molar-refractivity contribution in [2.45, 2.75) is 39.8 Å². The molecule has 2 aromatic carbocycles. The van der Waals surface area contributed by atoms with Crippen molar-refractivity contribution in [3.8, 4) is 11.5 Å². The highest BCUT2D eigenvalue weighted by Crippen LogP contribution is 2.36. The van der Waals surface area contributed by atoms with Crippen LogP contribution in [-0.2, 0) is 9.53 Å². The Morgan fingerprint density at radius 3 is 2.67 bits per heavy atom. The van der Waals surface area contributed by atoms with Crippen LogP contribution in [0.4, 0.5) is 0 Å². The molecule has 0 amide bonds. The van der Waals surface area contributed by atoms with Crippen molar-refractivity contribution in [3.05, 3.63) is 89.0 Å². The zero-order chi connectivity index (χ0) is 26.0. The molecule has 9 heteroatoms. The van der Waals surface area contributed by atoms with E-state index in [0.29, 0.717) is 37.7 Å². The van der Waals surface area contributed by atoms with Crippen LogP contribution in [0, 0.1) is 0 Å². The summed E-state index contributed by atoms with van der Waals surface area (Å²) < 4.78 is 19.8. The lowest BCUT2D eigenvalue weighted by molar-refractivity contribution is -0.139. The first kappa shape index (κ1) is 25.9. The lowest BCUT2D eigenvalue weighted by Crippen LogP contribution is -2.40. The maximum atomic E-state index is 13.9. The van der Waals surface area contributed by atoms with E-state index in [4.69, 9.17) is 14.2 Å². The van der Waals surface area contributed by atoms with E-state index < -0.39 is 12.0 Å². The summed E-state index contributed by atoms with van der Waals surface area (Å²) in [5, 5.41) is 0. The quantitative estimate of drug-likeness (QED) is 0.394. The van der Waals surface area contributed by atoms with E-state index in [1.54, 1.807) is 31.6 Å². The Bertz CT molecular complexity index is 1520. The van der Waals surface area contributed by atoms with Gasteiger partial charge in [0.2, 0.25) is 0 Å². The Morgan fingerprint density at radius 2 is 1.97 bits per heavy atom. The number of ether oxygens (including phenoxy) is 3. The van der Waals surface area contributed by atoms with Crippen molar-refractivity contribution in [1.29, 1.82) is 0 Å². The van der Waals surface area contributed by atoms with Gasteiger partial charge in [0.1, 0.15) is 17.5 Å². The SMILES string of the molecule is CCOC(=O)C1=C(C)N=c2s/c(=C\c3cc(Br)ccc3OC)c(=O)n2[C@@H]1c1ccccc1OC(C)C. The second-order valence-corrected chi connectivity index (χ2v) is 10.3. The topological polar surface area (TPSA) is 79.1 Å². The third-order valence-electron chi connectivity index (χ3n) is 5.57. The summed E-state index contributed by atoms with van der Waals surface area (Å²) >= 11 is 4.74. The standard InChI is InChI=1S/C27H27BrN2O5S/c1-6-34-26(32)23-16(4)29-27-30(24(23)19-9-7-8-10-21(19)35-15(2)3)25(31)22(36-27)14-17-13-18(28)11-12-20(17)33-5/h7-15,24H,6H2,1-5H3/b22-14-/t24-/m1/s1. The second kappa shape index (κ2) is 10.8. The van der Waals surface area contributed by atoms with E-state index in [0.717, 1.165) is 10.0 Å². The third-order valence-corrected chi connectivity index (χ3v) is 7.05. The van der Waals surface area contributed by atoms with Gasteiger partial charge in [0.25, 0.3) is 5.56 Å². The molecule has 0 bridgehead atoms. The van der Waals surface area contributed by atoms with Gasteiger partial charge >= 0.3 is 5.97 Å². The first-order valence-corrected chi connectivity index (χ1v) is 13.1. The van der Waals surface area contributed by atoms with Crippen LogP contribution in [0.2, 0.25) is 0 Å². The summed E-state index contributed by atoms with van der Waals surface area (Å²) in [4.78, 5) is 32.1. The molecule has 188 valence electrons. The number of hydrogen-bond acceptors (Lipinski definition) is 7. The number of para-hydroxylation sites is 1. The molecule has 4 rings (SSSR count). The summed E-state index contributed by atoms with van der Waals surface area (Å²) in [7, 11) is 1.59. The highest BCUT2D eigenvalue weighted by molar-refractivity contribution is 9.10. The van der Waals surface area contributed by atoms with Gasteiger partial charge in [-0.25, -0.2) is 9.79 Å². The van der Waals surface area contributed by atoms with Gasteiger partial charge in [0, 0.05) is 15.6 Å². The number of thiazole rings is 1. The van der Waals surface area contributed by atoms with Crippen LogP contribution in [0.15, 0.2) is 68.0 Å². The minimum absolute atomic E-state index is 0.0953. The molecule has 0 radical (unpaired) electrons. The number of aromatic nitrogens is 1. The van der Waals surface area contributed by atoms with Gasteiger partial charge in [-0.15, -0.1) is 0 Å². The van der Waals surface area contributed by atoms with E-state index >= 15 is 0 Å². The van der Waals surface area contributed by atoms with Gasteiger partial charge in [0.15, 0.2) is 4.80 Å². The number of allylic oxidation sites excluding steroid dienone is 1. The number of hydrogen-bond donors (Lipinski definition) is 0. The van der Waals surface area contributed by atoms with Crippen LogP contribution in [0.1, 0.15) is 44.9 Å². The van der Waals surface area contributed by atoms with Crippen molar-refractivity contribution in [2.75, 3.05) is 13.7 Å². The number of halogens is 1. The maximum absolute atomic E-state index is 13.9. The number of carbonyl (C=O) groups excluding carboxylic acids is 1. The lowest BCUT2D eigenvalue weighted by atomic mass is 9.95. The second-order valence-electron chi connectivity index (χ2n) is 8.39. The molecule has 0 spiro atoms. The van der Waals surface area contributed by atoms with E-state index in [2.05, 4.69) is 20.9 Å². The largest absolute Gasteiger partial charge is 0.496 e. The Hall–Kier alpha value is -3.17. The third kappa shape index (κ3) is 5.03. The normalized spacial score (nSPS) is 15.5. The monoisotopic (exact) mass is 570 g/mol. The van der Waals surface area contributed by atoms with Gasteiger partial charge in [-0.05, 0) is 58.0 Å². The Kier molecular flexibility index (Phi) is 7.80. The molecule has 0 aliphatic carbocycles. The van der Waals surface area contributed by atoms with Crippen molar-refractivity contribution >= 4 is 39.3 Å². The fourth-order valence-corrected chi connectivity index (χ4v) is 5.53. The number of nitrogens with zero attached hydrogens (tertiary/aromatic N) is 2. The van der Waals surface area contributed by atoms with Gasteiger partial charge in [-0.1, -0.05) is 45.5 Å². The van der Waals surface area contributed by atoms with Crippen molar-refractivity contribution < 1.29 is 19.0 Å². The van der Waals surface area contributed by atoms with E-state index in [1.807, 2.05) is 56.3 Å². The number of methoxy groups -OCH3 is 1. The van der Waals surface area contributed by atoms with Crippen LogP contribution in [0.5, 0.6) is 11.5 Å². The first-order valence-electron chi connectivity index (χ1n) is 11.5. The molecule has 0 saturated heterocycles. The number of fused-ring (bicyclic) bond motifs is 1. The number of carbonyl (C=O) groups is 1. The van der Waals surface area contributed by atoms with Crippen LogP contribution in [0.25, 0.3) is 6.08 Å². The van der Waals surface area contributed by atoms with E-state index in [1.165, 1.54) is 11.3 Å². The molecule has 0 saturated carbocycles. The smallest absolute Gasteiger partial charge is 0.338 e. The molecular weight excluding hydrogens is 544 g/mol. The molecule has 1 atom stereocenters. The first-order chi connectivity index (χ1) is 17.2. The molecule has 2 heterocycles. The van der Waals surface area contributed by atoms with Gasteiger partial charge in [-0.3, -0.25) is 9.36 Å². The van der Waals surface area contributed by atoms with Crippen molar-refractivity contribution in [3.63, 3.8) is 0 Å². The van der Waals surface area contributed by atoms with Crippen molar-refractivity contribution in [2.24, 2.45) is 4.99 Å². The Morgan fingerprint density at radius 1 is 1.22 bits per heavy atom. The average Bonchev–Trinajstić information content (AvgIpc) is 3.13. The average molecular weight is 571 g/mol. The van der Waals surface area contributed by atoms with Crippen LogP contribution >= 0.6 is 27.3 Å². The summed E-state index contributed by atoms with van der Waals surface area (Å²) in [5.41, 5.74) is 2.00. The molecule has 0 N–H and O–H groups in total. The fraction of sp³-hybridized carbons (Fsp3) is 0.296. The molecule has 7 nitrogen and oxygen atoms in total. The summed E-state index contributed by atoms with van der Waals surface area (Å²) in [6, 6.07) is 12.3. The number of benzene rings is 2. The number of esters is 1. The fourth-order valence-electron chi connectivity index (χ4n) is 4.11. The minimum atomic E-state index is -0.748.